The summed E-state index contributed by atoms with van der Waals surface area (Å²) in [6, 6.07) is 8.32. The van der Waals surface area contributed by atoms with Gasteiger partial charge in [0.1, 0.15) is 5.70 Å². The van der Waals surface area contributed by atoms with Crippen LogP contribution in [-0.2, 0) is 4.79 Å². The van der Waals surface area contributed by atoms with Crippen molar-refractivity contribution in [3.8, 4) is 0 Å². The first-order valence-electron chi connectivity index (χ1n) is 7.44. The van der Waals surface area contributed by atoms with Crippen LogP contribution in [0.3, 0.4) is 0 Å². The van der Waals surface area contributed by atoms with Crippen LogP contribution in [0, 0.1) is 0 Å². The third kappa shape index (κ3) is 2.69. The summed E-state index contributed by atoms with van der Waals surface area (Å²) in [5.41, 5.74) is -0.658. The van der Waals surface area contributed by atoms with Gasteiger partial charge in [0.25, 0.3) is 12.3 Å². The molecule has 1 amide bonds. The van der Waals surface area contributed by atoms with Crippen molar-refractivity contribution in [2.24, 2.45) is 0 Å². The van der Waals surface area contributed by atoms with Crippen molar-refractivity contribution >= 4 is 11.6 Å². The predicted octanol–water partition coefficient (Wildman–Crippen LogP) is 2.79. The number of carbonyl (C=O) groups is 1. The summed E-state index contributed by atoms with van der Waals surface area (Å²) in [5.74, 6) is -0.666. The first-order chi connectivity index (χ1) is 10.9. The van der Waals surface area contributed by atoms with Crippen LogP contribution in [0.4, 0.5) is 18.9 Å². The number of carbonyl (C=O) groups excluding carboxylic acids is 1. The number of halogens is 3. The lowest BCUT2D eigenvalue weighted by molar-refractivity contribution is -0.127. The maximum Gasteiger partial charge on any atom is 0.280 e. The molecule has 4 nitrogen and oxygen atoms in total. The minimum atomic E-state index is -2.95. The first kappa shape index (κ1) is 15.9. The number of benzene rings is 1. The highest BCUT2D eigenvalue weighted by atomic mass is 19.3. The lowest BCUT2D eigenvalue weighted by atomic mass is 10.1. The van der Waals surface area contributed by atoms with Gasteiger partial charge >= 0.3 is 0 Å². The molecule has 3 rings (SSSR count). The summed E-state index contributed by atoms with van der Waals surface area (Å²) in [7, 11) is 2.89. The molecule has 0 saturated heterocycles. The third-order valence-corrected chi connectivity index (χ3v) is 4.24. The lowest BCUT2D eigenvalue weighted by Crippen LogP contribution is -2.40. The largest absolute Gasteiger partial charge is 0.339 e. The van der Waals surface area contributed by atoms with E-state index in [-0.39, 0.29) is 6.04 Å². The zero-order valence-corrected chi connectivity index (χ0v) is 12.9. The molecule has 1 aromatic rings. The SMILES string of the molecule is CN(C(=O)C1=C(C(F)F)N(c2ccccc2)N(C)C1F)C1CC1. The fourth-order valence-corrected chi connectivity index (χ4v) is 2.82. The van der Waals surface area contributed by atoms with E-state index >= 15 is 0 Å². The number of para-hydroxylation sites is 1. The van der Waals surface area contributed by atoms with Gasteiger partial charge in [0.15, 0.2) is 0 Å². The zero-order chi connectivity index (χ0) is 16.7. The van der Waals surface area contributed by atoms with Gasteiger partial charge in [0.05, 0.1) is 11.3 Å². The summed E-state index contributed by atoms with van der Waals surface area (Å²) in [4.78, 5) is 13.9. The number of allylic oxidation sites excluding steroid dienone is 1. The van der Waals surface area contributed by atoms with E-state index in [1.54, 1.807) is 30.3 Å². The van der Waals surface area contributed by atoms with E-state index in [1.807, 2.05) is 0 Å². The zero-order valence-electron chi connectivity index (χ0n) is 12.9. The fraction of sp³-hybridized carbons (Fsp3) is 0.438. The molecule has 1 fully saturated rings. The van der Waals surface area contributed by atoms with E-state index in [4.69, 9.17) is 0 Å². The molecule has 1 aliphatic heterocycles. The maximum atomic E-state index is 14.7. The van der Waals surface area contributed by atoms with Crippen LogP contribution in [0.2, 0.25) is 0 Å². The van der Waals surface area contributed by atoms with E-state index in [1.165, 1.54) is 19.0 Å². The number of alkyl halides is 3. The molecule has 0 radical (unpaired) electrons. The summed E-state index contributed by atoms with van der Waals surface area (Å²) in [5, 5.41) is 2.12. The van der Waals surface area contributed by atoms with Gasteiger partial charge in [-0.2, -0.15) is 5.01 Å². The van der Waals surface area contributed by atoms with Crippen LogP contribution in [0.1, 0.15) is 12.8 Å². The van der Waals surface area contributed by atoms with Gasteiger partial charge < -0.3 is 4.90 Å². The van der Waals surface area contributed by atoms with Crippen molar-refractivity contribution in [2.45, 2.75) is 31.6 Å². The van der Waals surface area contributed by atoms with Crippen LogP contribution < -0.4 is 5.01 Å². The molecule has 1 saturated carbocycles. The van der Waals surface area contributed by atoms with Crippen LogP contribution in [0.5, 0.6) is 0 Å². The summed E-state index contributed by atoms with van der Waals surface area (Å²) in [6.45, 7) is 0. The molecule has 0 aromatic heterocycles. The minimum absolute atomic E-state index is 0.0252. The Bertz CT molecular complexity index is 631. The summed E-state index contributed by atoms with van der Waals surface area (Å²) in [6.07, 6.45) is -3.19. The number of hydrogen-bond acceptors (Lipinski definition) is 3. The third-order valence-electron chi connectivity index (χ3n) is 4.24. The van der Waals surface area contributed by atoms with Crippen molar-refractivity contribution in [1.29, 1.82) is 0 Å². The number of hydrazine groups is 1. The molecule has 124 valence electrons. The van der Waals surface area contributed by atoms with Crippen LogP contribution in [0.25, 0.3) is 0 Å². The Balaban J connectivity index is 2.05. The second-order valence-corrected chi connectivity index (χ2v) is 5.80. The quantitative estimate of drug-likeness (QED) is 0.797. The maximum absolute atomic E-state index is 14.7. The molecular weight excluding hydrogens is 307 g/mol. The number of rotatable bonds is 4. The van der Waals surface area contributed by atoms with Crippen LogP contribution in [0.15, 0.2) is 41.6 Å². The van der Waals surface area contributed by atoms with Crippen molar-refractivity contribution < 1.29 is 18.0 Å². The monoisotopic (exact) mass is 325 g/mol. The Morgan fingerprint density at radius 3 is 2.39 bits per heavy atom. The molecule has 1 unspecified atom stereocenters. The first-order valence-corrected chi connectivity index (χ1v) is 7.44. The smallest absolute Gasteiger partial charge is 0.280 e. The topological polar surface area (TPSA) is 26.8 Å². The van der Waals surface area contributed by atoms with E-state index in [9.17, 15) is 18.0 Å². The standard InChI is InChI=1S/C16H18F3N3O/c1-20(10-8-9-10)16(23)12-13(14(17)18)22(21(2)15(12)19)11-6-4-3-5-7-11/h3-7,10,14-15H,8-9H2,1-2H3. The lowest BCUT2D eigenvalue weighted by Gasteiger charge is -2.29. The Labute approximate surface area is 132 Å². The van der Waals surface area contributed by atoms with Gasteiger partial charge in [-0.1, -0.05) is 18.2 Å². The number of anilines is 1. The van der Waals surface area contributed by atoms with Gasteiger partial charge in [-0.05, 0) is 25.0 Å². The second kappa shape index (κ2) is 5.88. The predicted molar refractivity (Wildman–Crippen MR) is 80.4 cm³/mol. The molecule has 23 heavy (non-hydrogen) atoms. The van der Waals surface area contributed by atoms with Gasteiger partial charge in [-0.3, -0.25) is 9.80 Å². The van der Waals surface area contributed by atoms with Gasteiger partial charge in [0, 0.05) is 20.1 Å². The molecular formula is C16H18F3N3O. The average molecular weight is 325 g/mol. The molecule has 0 bridgehead atoms. The summed E-state index contributed by atoms with van der Waals surface area (Å²) >= 11 is 0. The normalized spacial score (nSPS) is 22.2. The Kier molecular flexibility index (Phi) is 4.06. The molecule has 1 aromatic carbocycles. The van der Waals surface area contributed by atoms with E-state index < -0.39 is 29.9 Å². The van der Waals surface area contributed by atoms with E-state index in [0.717, 1.165) is 22.9 Å². The average Bonchev–Trinajstić information content (AvgIpc) is 3.34. The highest BCUT2D eigenvalue weighted by Gasteiger charge is 2.46. The number of likely N-dealkylation sites (N-methyl/N-ethyl adjacent to an activating group) is 2. The van der Waals surface area contributed by atoms with Gasteiger partial charge in [-0.15, -0.1) is 0 Å². The molecule has 0 spiro atoms. The number of nitrogens with zero attached hydrogens (tertiary/aromatic N) is 3. The van der Waals surface area contributed by atoms with Crippen molar-refractivity contribution in [3.05, 3.63) is 41.6 Å². The Morgan fingerprint density at radius 2 is 1.87 bits per heavy atom. The minimum Gasteiger partial charge on any atom is -0.339 e. The van der Waals surface area contributed by atoms with Crippen LogP contribution >= 0.6 is 0 Å². The highest BCUT2D eigenvalue weighted by Crippen LogP contribution is 2.38. The molecule has 1 atom stereocenters. The van der Waals surface area contributed by atoms with Crippen molar-refractivity contribution in [1.82, 2.24) is 9.91 Å². The number of hydrogen-bond donors (Lipinski definition) is 0. The van der Waals surface area contributed by atoms with Gasteiger partial charge in [0.2, 0.25) is 6.30 Å². The molecule has 2 aliphatic rings. The molecule has 0 N–H and O–H groups in total. The fourth-order valence-electron chi connectivity index (χ4n) is 2.82. The molecule has 7 heteroatoms. The van der Waals surface area contributed by atoms with Crippen molar-refractivity contribution in [3.63, 3.8) is 0 Å². The Morgan fingerprint density at radius 1 is 1.26 bits per heavy atom. The van der Waals surface area contributed by atoms with E-state index in [0.29, 0.717) is 5.69 Å². The molecule has 1 aliphatic carbocycles. The number of amides is 1. The second-order valence-electron chi connectivity index (χ2n) is 5.80. The van der Waals surface area contributed by atoms with Crippen molar-refractivity contribution in [2.75, 3.05) is 19.1 Å². The van der Waals surface area contributed by atoms with Gasteiger partial charge in [-0.25, -0.2) is 13.2 Å². The van der Waals surface area contributed by atoms with Crippen LogP contribution in [-0.4, -0.2) is 48.7 Å². The van der Waals surface area contributed by atoms with E-state index in [2.05, 4.69) is 0 Å². The summed E-state index contributed by atoms with van der Waals surface area (Å²) < 4.78 is 42.0. The highest BCUT2D eigenvalue weighted by molar-refractivity contribution is 5.97. The Hall–Kier alpha value is -2.02. The molecule has 1 heterocycles.